The van der Waals surface area contributed by atoms with Gasteiger partial charge in [0.05, 0.1) is 27.5 Å². The molecular weight excluding hydrogens is 865 g/mol. The van der Waals surface area contributed by atoms with Gasteiger partial charge < -0.3 is 0 Å². The van der Waals surface area contributed by atoms with Gasteiger partial charge in [0.2, 0.25) is 6.41 Å². The number of para-hydroxylation sites is 3. The monoisotopic (exact) mass is 904 g/mol. The van der Waals surface area contributed by atoms with Crippen molar-refractivity contribution in [3.05, 3.63) is 251 Å². The van der Waals surface area contributed by atoms with Gasteiger partial charge in [-0.05, 0) is 164 Å². The van der Waals surface area contributed by atoms with Crippen LogP contribution < -0.4 is 16.6 Å². The number of fused-ring (bicyclic) bond motifs is 4. The van der Waals surface area contributed by atoms with Crippen LogP contribution in [0.15, 0.2) is 233 Å². The van der Waals surface area contributed by atoms with Gasteiger partial charge in [-0.15, -0.1) is 0 Å². The highest BCUT2D eigenvalue weighted by Gasteiger charge is 2.18. The maximum absolute atomic E-state index is 13.6. The number of aryl methyl sites for hydroxylation is 1. The predicted octanol–water partition coefficient (Wildman–Crippen LogP) is 12.4. The summed E-state index contributed by atoms with van der Waals surface area (Å²) in [7, 11) is 0. The fourth-order valence-corrected chi connectivity index (χ4v) is 9.55. The minimum absolute atomic E-state index is 0.118. The van der Waals surface area contributed by atoms with Gasteiger partial charge in [-0.25, -0.2) is 15.0 Å². The Morgan fingerprint density at radius 2 is 0.800 bits per heavy atom. The van der Waals surface area contributed by atoms with Crippen LogP contribution in [0.3, 0.4) is 0 Å². The lowest BCUT2D eigenvalue weighted by atomic mass is 9.86. The van der Waals surface area contributed by atoms with E-state index in [1.807, 2.05) is 140 Å². The van der Waals surface area contributed by atoms with E-state index in [0.717, 1.165) is 84.4 Å². The first-order chi connectivity index (χ1) is 34.4. The lowest BCUT2D eigenvalue weighted by Gasteiger charge is -2.18. The van der Waals surface area contributed by atoms with E-state index in [0.29, 0.717) is 38.6 Å². The van der Waals surface area contributed by atoms with Gasteiger partial charge in [-0.1, -0.05) is 115 Å². The van der Waals surface area contributed by atoms with Crippen molar-refractivity contribution in [1.29, 1.82) is 0 Å². The molecule has 0 aliphatic carbocycles. The van der Waals surface area contributed by atoms with Gasteiger partial charge in [0.25, 0.3) is 11.1 Å². The first kappa shape index (κ1) is 41.8. The molecule has 12 aromatic rings. The normalized spacial score (nSPS) is 11.8. The Balaban J connectivity index is 1.07. The highest BCUT2D eigenvalue weighted by atomic mass is 16.1. The van der Waals surface area contributed by atoms with Crippen molar-refractivity contribution in [2.45, 2.75) is 6.92 Å². The third-order valence-corrected chi connectivity index (χ3v) is 13.1. The number of hydrogen-bond donors (Lipinski definition) is 0. The van der Waals surface area contributed by atoms with Gasteiger partial charge in [-0.3, -0.25) is 27.8 Å². The summed E-state index contributed by atoms with van der Waals surface area (Å²) in [6.07, 6.45) is 6.15. The van der Waals surface area contributed by atoms with E-state index >= 15 is 0 Å². The topological polar surface area (TPSA) is 103 Å². The van der Waals surface area contributed by atoms with Crippen LogP contribution in [0.1, 0.15) is 5.56 Å². The number of rotatable bonds is 8. The van der Waals surface area contributed by atoms with Gasteiger partial charge >= 0.3 is 0 Å². The van der Waals surface area contributed by atoms with Crippen LogP contribution in [0.4, 0.5) is 5.69 Å². The van der Waals surface area contributed by atoms with Crippen LogP contribution >= 0.6 is 0 Å². The van der Waals surface area contributed by atoms with Crippen LogP contribution in [-0.2, 0) is 4.79 Å². The molecule has 0 unspecified atom stereocenters. The second-order valence-corrected chi connectivity index (χ2v) is 17.3. The zero-order valence-electron chi connectivity index (χ0n) is 37.8. The van der Waals surface area contributed by atoms with Crippen LogP contribution in [0, 0.1) is 6.92 Å². The molecule has 0 radical (unpaired) electrons. The molecule has 5 aromatic heterocycles. The van der Waals surface area contributed by atoms with Gasteiger partial charge in [-0.2, -0.15) is 0 Å². The van der Waals surface area contributed by atoms with E-state index < -0.39 is 0 Å². The zero-order valence-corrected chi connectivity index (χ0v) is 37.8. The van der Waals surface area contributed by atoms with Crippen molar-refractivity contribution in [2.24, 2.45) is 4.99 Å². The molecule has 332 valence electrons. The van der Waals surface area contributed by atoms with Crippen molar-refractivity contribution in [3.63, 3.8) is 0 Å². The third-order valence-electron chi connectivity index (χ3n) is 13.1. The molecule has 0 bridgehead atoms. The lowest BCUT2D eigenvalue weighted by molar-refractivity contribution is 0.545. The van der Waals surface area contributed by atoms with E-state index in [1.165, 1.54) is 4.57 Å². The van der Waals surface area contributed by atoms with Crippen LogP contribution in [0.5, 0.6) is 0 Å². The van der Waals surface area contributed by atoms with Crippen LogP contribution in [0.25, 0.3) is 99.9 Å². The molecule has 0 aliphatic heterocycles. The second kappa shape index (κ2) is 17.2. The molecule has 12 rings (SSSR count). The fraction of sp³-hybridized carbons (Fsp3) is 0.0164. The van der Waals surface area contributed by atoms with Gasteiger partial charge in [0, 0.05) is 18.6 Å². The molecule has 0 saturated heterocycles. The van der Waals surface area contributed by atoms with Crippen molar-refractivity contribution in [1.82, 2.24) is 23.3 Å². The molecule has 9 nitrogen and oxygen atoms in total. The summed E-state index contributed by atoms with van der Waals surface area (Å²) in [6, 6.07) is 66.1. The number of carbonyl (C=O) groups excluding carboxylic acids is 1. The van der Waals surface area contributed by atoms with Crippen LogP contribution in [0.2, 0.25) is 0 Å². The molecule has 0 saturated carbocycles. The van der Waals surface area contributed by atoms with Crippen LogP contribution in [-0.4, -0.2) is 29.7 Å². The van der Waals surface area contributed by atoms with E-state index in [2.05, 4.69) is 54.6 Å². The number of pyridine rings is 3. The SMILES string of the molecule is Cc1ccccc1/N=c1/cc(-c2ccccc2-c2cc(-c3ccccc3-c3ccn4c(=O)c5ccccc5nc4c3)cc(-c3ccccc3-c3ccn4c(=O)c5ccccc5nc4c3)c2)ccn1C=O. The molecule has 70 heavy (non-hydrogen) atoms. The molecule has 0 fully saturated rings. The van der Waals surface area contributed by atoms with Crippen molar-refractivity contribution in [2.75, 3.05) is 0 Å². The lowest BCUT2D eigenvalue weighted by Crippen LogP contribution is -2.19. The number of carbonyl (C=O) groups is 1. The smallest absolute Gasteiger partial charge is 0.265 e. The average molecular weight is 905 g/mol. The highest BCUT2D eigenvalue weighted by Crippen LogP contribution is 2.42. The quantitative estimate of drug-likeness (QED) is 0.112. The molecule has 0 spiro atoms. The molecule has 5 heterocycles. The average Bonchev–Trinajstić information content (AvgIpc) is 3.41. The number of nitrogens with zero attached hydrogens (tertiary/aromatic N) is 6. The maximum Gasteiger partial charge on any atom is 0.265 e. The van der Waals surface area contributed by atoms with E-state index in [9.17, 15) is 14.4 Å². The predicted molar refractivity (Wildman–Crippen MR) is 281 cm³/mol. The van der Waals surface area contributed by atoms with Gasteiger partial charge in [0.15, 0.2) is 0 Å². The molecular formula is C61H40N6O3. The molecule has 0 N–H and O–H groups in total. The Morgan fingerprint density at radius 1 is 0.414 bits per heavy atom. The first-order valence-electron chi connectivity index (χ1n) is 22.9. The summed E-state index contributed by atoms with van der Waals surface area (Å²) in [5.41, 5.74) is 15.9. The van der Waals surface area contributed by atoms with E-state index in [1.54, 1.807) is 39.5 Å². The first-order valence-corrected chi connectivity index (χ1v) is 22.9. The van der Waals surface area contributed by atoms with Crippen molar-refractivity contribution < 1.29 is 4.79 Å². The fourth-order valence-electron chi connectivity index (χ4n) is 9.55. The summed E-state index contributed by atoms with van der Waals surface area (Å²) >= 11 is 0. The Kier molecular flexibility index (Phi) is 10.3. The largest absolute Gasteiger partial charge is 0.278 e. The van der Waals surface area contributed by atoms with E-state index in [4.69, 9.17) is 15.0 Å². The molecule has 7 aromatic carbocycles. The molecule has 0 aliphatic rings. The Hall–Kier alpha value is -9.60. The Bertz CT molecular complexity index is 4100. The minimum atomic E-state index is -0.118. The Morgan fingerprint density at radius 3 is 1.26 bits per heavy atom. The number of aromatic nitrogens is 5. The maximum atomic E-state index is 13.6. The molecule has 0 amide bonds. The molecule has 0 atom stereocenters. The number of benzene rings is 7. The summed E-state index contributed by atoms with van der Waals surface area (Å²) < 4.78 is 4.69. The van der Waals surface area contributed by atoms with Crippen molar-refractivity contribution >= 4 is 45.2 Å². The number of hydrogen-bond acceptors (Lipinski definition) is 6. The summed E-state index contributed by atoms with van der Waals surface area (Å²) in [4.78, 5) is 54.3. The highest BCUT2D eigenvalue weighted by molar-refractivity contribution is 5.95. The molecule has 9 heteroatoms. The Labute approximate surface area is 400 Å². The summed E-state index contributed by atoms with van der Waals surface area (Å²) in [5, 5.41) is 1.13. The summed E-state index contributed by atoms with van der Waals surface area (Å²) in [5.74, 6) is 0. The summed E-state index contributed by atoms with van der Waals surface area (Å²) in [6.45, 7) is 2.00. The minimum Gasteiger partial charge on any atom is -0.278 e. The van der Waals surface area contributed by atoms with E-state index in [-0.39, 0.29) is 11.1 Å². The second-order valence-electron chi connectivity index (χ2n) is 17.3. The standard InChI is InChI=1S/C61H40N6O3/c1-39-14-2-11-23-54(39)62-57-35-40(26-29-65(57)38-68)46-15-3-6-18-49(46)43-32-44(50-19-7-4-16-47(50)41-27-30-66-58(36-41)63-55-24-12-9-21-52(55)60(66)69)34-45(33-43)51-20-8-5-17-48(51)42-28-31-67-59(37-42)64-56-25-13-10-22-53(56)61(67)70/h2-38H,1H3/b62-57-. The zero-order chi connectivity index (χ0) is 47.3. The third kappa shape index (κ3) is 7.39. The van der Waals surface area contributed by atoms with Gasteiger partial charge in [0.1, 0.15) is 16.8 Å². The van der Waals surface area contributed by atoms with Crippen molar-refractivity contribution in [3.8, 4) is 66.8 Å².